The third-order valence-corrected chi connectivity index (χ3v) is 11.8. The molecule has 0 radical (unpaired) electrons. The standard InChI is InChI=1S/3C16H36N/c3*1-5-9-13-17(14-10-6-2,15-11-7-3)16-12-8-4/h3*5-16H2,1-4H3/q3*+1/p+1. The molecule has 0 aromatic heterocycles. The molecule has 0 spiro atoms. The molecule has 0 fully saturated rings. The number of unbranched alkanes of at least 4 members (excludes halogenated alkanes) is 12. The van der Waals surface area contributed by atoms with Crippen molar-refractivity contribution < 1.29 is 14.9 Å². The topological polar surface area (TPSA) is 0 Å². The number of hydrogen-bond acceptors (Lipinski definition) is 0. The van der Waals surface area contributed by atoms with Crippen LogP contribution in [-0.4, -0.2) is 92.0 Å². The summed E-state index contributed by atoms with van der Waals surface area (Å²) in [6, 6.07) is 0. The molecule has 0 amide bonds. The summed E-state index contributed by atoms with van der Waals surface area (Å²) in [6.07, 6.45) is 33.2. The van der Waals surface area contributed by atoms with Gasteiger partial charge in [-0.15, -0.1) is 0 Å². The Balaban J connectivity index is -0.000000329. The van der Waals surface area contributed by atoms with Crippen molar-refractivity contribution in [3.05, 3.63) is 0 Å². The molecule has 0 bridgehead atoms. The van der Waals surface area contributed by atoms with Crippen LogP contribution in [-0.2, 0) is 0 Å². The highest BCUT2D eigenvalue weighted by atomic mass is 15.4. The van der Waals surface area contributed by atoms with Crippen molar-refractivity contribution in [2.24, 2.45) is 0 Å². The molecular formula is C48H109N3+4. The molecule has 0 aliphatic heterocycles. The van der Waals surface area contributed by atoms with Gasteiger partial charge < -0.3 is 13.4 Å². The van der Waals surface area contributed by atoms with Crippen molar-refractivity contribution in [2.45, 2.75) is 237 Å². The Bertz CT molecular complexity index is 441. The quantitative estimate of drug-likeness (QED) is 0.0564. The number of nitrogens with zero attached hydrogens (tertiary/aromatic N) is 3. The Hall–Kier alpha value is -0.120. The maximum absolute atomic E-state index is 2.33. The van der Waals surface area contributed by atoms with Gasteiger partial charge in [0, 0.05) is 0 Å². The van der Waals surface area contributed by atoms with Crippen LogP contribution in [0.3, 0.4) is 0 Å². The first-order chi connectivity index (χ1) is 24.7. The minimum atomic E-state index is 0. The van der Waals surface area contributed by atoms with E-state index in [9.17, 15) is 0 Å². The summed E-state index contributed by atoms with van der Waals surface area (Å²) in [4.78, 5) is 0. The molecule has 51 heavy (non-hydrogen) atoms. The fourth-order valence-corrected chi connectivity index (χ4v) is 7.93. The van der Waals surface area contributed by atoms with E-state index in [0.717, 1.165) is 0 Å². The first-order valence-electron chi connectivity index (χ1n) is 24.3. The summed E-state index contributed by atoms with van der Waals surface area (Å²) >= 11 is 0. The van der Waals surface area contributed by atoms with Gasteiger partial charge in [0.25, 0.3) is 0 Å². The highest BCUT2D eigenvalue weighted by Gasteiger charge is 2.26. The molecule has 0 aliphatic rings. The van der Waals surface area contributed by atoms with E-state index in [1.54, 1.807) is 0 Å². The lowest BCUT2D eigenvalue weighted by Crippen LogP contribution is -2.50. The monoisotopic (exact) mass is 728 g/mol. The van der Waals surface area contributed by atoms with Crippen LogP contribution in [0.25, 0.3) is 0 Å². The second kappa shape index (κ2) is 41.1. The van der Waals surface area contributed by atoms with E-state index in [1.165, 1.54) is 246 Å². The van der Waals surface area contributed by atoms with Gasteiger partial charge in [-0.1, -0.05) is 160 Å². The minimum Gasteiger partial charge on any atom is -0.324 e. The van der Waals surface area contributed by atoms with Crippen LogP contribution in [0.5, 0.6) is 0 Å². The first kappa shape index (κ1) is 55.2. The second-order valence-corrected chi connectivity index (χ2v) is 17.0. The minimum absolute atomic E-state index is 0. The van der Waals surface area contributed by atoms with Crippen molar-refractivity contribution in [3.63, 3.8) is 0 Å². The molecule has 312 valence electrons. The lowest BCUT2D eigenvalue weighted by Gasteiger charge is -2.39. The van der Waals surface area contributed by atoms with E-state index in [-0.39, 0.29) is 1.43 Å². The van der Waals surface area contributed by atoms with Crippen LogP contribution in [0.4, 0.5) is 0 Å². The molecule has 0 aliphatic carbocycles. The van der Waals surface area contributed by atoms with Gasteiger partial charge in [0.1, 0.15) is 0 Å². The summed E-state index contributed by atoms with van der Waals surface area (Å²) in [7, 11) is 0. The molecule has 0 atom stereocenters. The first-order valence-corrected chi connectivity index (χ1v) is 24.3. The average Bonchev–Trinajstić information content (AvgIpc) is 3.16. The maximum Gasteiger partial charge on any atom is 1.00 e. The number of quaternary nitrogens is 3. The van der Waals surface area contributed by atoms with Gasteiger partial charge in [0.15, 0.2) is 0 Å². The van der Waals surface area contributed by atoms with Gasteiger partial charge in [-0.3, -0.25) is 0 Å². The Morgan fingerprint density at radius 1 is 0.176 bits per heavy atom. The Kier molecular flexibility index (Phi) is 44.4. The van der Waals surface area contributed by atoms with Crippen molar-refractivity contribution in [1.82, 2.24) is 0 Å². The highest BCUT2D eigenvalue weighted by molar-refractivity contribution is 4.52. The third-order valence-electron chi connectivity index (χ3n) is 11.8. The third kappa shape index (κ3) is 31.9. The zero-order chi connectivity index (χ0) is 39.0. The van der Waals surface area contributed by atoms with E-state index in [1.807, 2.05) is 0 Å². The molecule has 0 aromatic rings. The SMILES string of the molecule is CCCC[N+](CCCC)(CCCC)CCCC.CCCC[N+](CCCC)(CCCC)CCCC.CCCC[N+](CCCC)(CCCC)CCCC.[H+]. The lowest BCUT2D eigenvalue weighted by atomic mass is 10.1. The van der Waals surface area contributed by atoms with Crippen molar-refractivity contribution in [1.29, 1.82) is 0 Å². The van der Waals surface area contributed by atoms with E-state index < -0.39 is 0 Å². The summed E-state index contributed by atoms with van der Waals surface area (Å²) in [5.74, 6) is 0. The largest absolute Gasteiger partial charge is 1.00 e. The second-order valence-electron chi connectivity index (χ2n) is 17.0. The van der Waals surface area contributed by atoms with Crippen LogP contribution in [0.15, 0.2) is 0 Å². The smallest absolute Gasteiger partial charge is 0.324 e. The fraction of sp³-hybridized carbons (Fsp3) is 1.00. The van der Waals surface area contributed by atoms with Gasteiger partial charge in [-0.2, -0.15) is 0 Å². The predicted octanol–water partition coefficient (Wildman–Crippen LogP) is 15.1. The van der Waals surface area contributed by atoms with Gasteiger partial charge in [-0.05, 0) is 77.0 Å². The Labute approximate surface area is 329 Å². The lowest BCUT2D eigenvalue weighted by molar-refractivity contribution is -0.929. The summed E-state index contributed by atoms with van der Waals surface area (Å²) in [5.41, 5.74) is 0. The van der Waals surface area contributed by atoms with Crippen LogP contribution < -0.4 is 0 Å². The Morgan fingerprint density at radius 2 is 0.255 bits per heavy atom. The van der Waals surface area contributed by atoms with Crippen LogP contribution in [0, 0.1) is 0 Å². The van der Waals surface area contributed by atoms with E-state index >= 15 is 0 Å². The predicted molar refractivity (Wildman–Crippen MR) is 239 cm³/mol. The fourth-order valence-electron chi connectivity index (χ4n) is 7.93. The van der Waals surface area contributed by atoms with Crippen LogP contribution >= 0.6 is 0 Å². The van der Waals surface area contributed by atoms with Crippen LogP contribution in [0.1, 0.15) is 239 Å². The van der Waals surface area contributed by atoms with E-state index in [4.69, 9.17) is 0 Å². The highest BCUT2D eigenvalue weighted by Crippen LogP contribution is 2.19. The molecule has 0 saturated heterocycles. The molecule has 0 heterocycles. The molecular weight excluding hydrogens is 619 g/mol. The molecule has 0 aromatic carbocycles. The van der Waals surface area contributed by atoms with Crippen molar-refractivity contribution >= 4 is 0 Å². The van der Waals surface area contributed by atoms with Crippen molar-refractivity contribution in [3.8, 4) is 0 Å². The van der Waals surface area contributed by atoms with Gasteiger partial charge in [-0.25, -0.2) is 0 Å². The molecule has 0 saturated carbocycles. The normalized spacial score (nSPS) is 12.0. The zero-order valence-electron chi connectivity index (χ0n) is 39.8. The van der Waals surface area contributed by atoms with Gasteiger partial charge in [0.2, 0.25) is 0 Å². The Morgan fingerprint density at radius 3 is 0.314 bits per heavy atom. The van der Waals surface area contributed by atoms with E-state index in [2.05, 4.69) is 83.1 Å². The average molecular weight is 728 g/mol. The molecule has 3 nitrogen and oxygen atoms in total. The summed E-state index contributed by atoms with van der Waals surface area (Å²) in [5, 5.41) is 0. The summed E-state index contributed by atoms with van der Waals surface area (Å²) < 4.78 is 4.26. The molecule has 0 rings (SSSR count). The molecule has 0 N–H and O–H groups in total. The molecule has 3 heteroatoms. The zero-order valence-corrected chi connectivity index (χ0v) is 38.8. The maximum atomic E-state index is 2.33. The van der Waals surface area contributed by atoms with Gasteiger partial charge in [0.05, 0.1) is 78.5 Å². The molecule has 0 unspecified atom stereocenters. The number of rotatable bonds is 36. The summed E-state index contributed by atoms with van der Waals surface area (Å²) in [6.45, 7) is 45.1. The number of hydrogen-bond donors (Lipinski definition) is 0. The van der Waals surface area contributed by atoms with Gasteiger partial charge >= 0.3 is 1.43 Å². The van der Waals surface area contributed by atoms with Crippen LogP contribution in [0.2, 0.25) is 0 Å². The van der Waals surface area contributed by atoms with E-state index in [0.29, 0.717) is 0 Å². The van der Waals surface area contributed by atoms with Crippen molar-refractivity contribution in [2.75, 3.05) is 78.5 Å².